The summed E-state index contributed by atoms with van der Waals surface area (Å²) < 4.78 is 5.41. The van der Waals surface area contributed by atoms with Gasteiger partial charge in [0.1, 0.15) is 5.75 Å². The Bertz CT molecular complexity index is 743. The molecule has 6 heteroatoms. The van der Waals surface area contributed by atoms with Crippen molar-refractivity contribution in [2.75, 3.05) is 49.5 Å². The summed E-state index contributed by atoms with van der Waals surface area (Å²) in [6, 6.07) is 15.4. The van der Waals surface area contributed by atoms with Gasteiger partial charge in [0.15, 0.2) is 0 Å². The van der Waals surface area contributed by atoms with Gasteiger partial charge >= 0.3 is 0 Å². The van der Waals surface area contributed by atoms with Crippen LogP contribution in [0.4, 0.5) is 11.4 Å². The predicted octanol–water partition coefficient (Wildman–Crippen LogP) is 3.89. The highest BCUT2D eigenvalue weighted by molar-refractivity contribution is 6.30. The molecule has 0 bridgehead atoms. The summed E-state index contributed by atoms with van der Waals surface area (Å²) in [7, 11) is 0. The topological polar surface area (TPSA) is 44.8 Å². The number of nitrogens with one attached hydrogen (secondary N) is 1. The Morgan fingerprint density at radius 2 is 1.85 bits per heavy atom. The largest absolute Gasteiger partial charge is 0.494 e. The molecule has 1 aliphatic heterocycles. The van der Waals surface area contributed by atoms with Crippen LogP contribution in [0.5, 0.6) is 5.75 Å². The standard InChI is InChI=1S/C21H26ClN3O2/c1-2-27-20-8-6-18(7-9-20)23-21(26)10-11-24-12-14-25(15-13-24)19-5-3-4-17(22)16-19/h3-9,16H,2,10-15H2,1H3,(H,23,26). The zero-order chi connectivity index (χ0) is 19.1. The fraction of sp³-hybridized carbons (Fsp3) is 0.381. The Morgan fingerprint density at radius 1 is 1.11 bits per heavy atom. The predicted molar refractivity (Wildman–Crippen MR) is 111 cm³/mol. The average molecular weight is 388 g/mol. The molecule has 0 radical (unpaired) electrons. The fourth-order valence-corrected chi connectivity index (χ4v) is 3.37. The Balaban J connectivity index is 1.40. The molecule has 1 amide bonds. The van der Waals surface area contributed by atoms with E-state index in [1.54, 1.807) is 0 Å². The average Bonchev–Trinajstić information content (AvgIpc) is 2.68. The zero-order valence-electron chi connectivity index (χ0n) is 15.7. The van der Waals surface area contributed by atoms with Crippen molar-refractivity contribution >= 4 is 28.9 Å². The summed E-state index contributed by atoms with van der Waals surface area (Å²) in [4.78, 5) is 16.9. The number of benzene rings is 2. The van der Waals surface area contributed by atoms with E-state index in [1.165, 1.54) is 0 Å². The third-order valence-corrected chi connectivity index (χ3v) is 4.88. The molecule has 0 unspecified atom stereocenters. The molecule has 0 aromatic heterocycles. The number of hydrogen-bond donors (Lipinski definition) is 1. The van der Waals surface area contributed by atoms with Gasteiger partial charge < -0.3 is 15.0 Å². The molecule has 5 nitrogen and oxygen atoms in total. The maximum Gasteiger partial charge on any atom is 0.225 e. The van der Waals surface area contributed by atoms with Crippen LogP contribution in [0.25, 0.3) is 0 Å². The molecule has 1 heterocycles. The number of anilines is 2. The van der Waals surface area contributed by atoms with Crippen LogP contribution < -0.4 is 15.0 Å². The first-order valence-electron chi connectivity index (χ1n) is 9.39. The van der Waals surface area contributed by atoms with Crippen molar-refractivity contribution in [1.29, 1.82) is 0 Å². The summed E-state index contributed by atoms with van der Waals surface area (Å²) in [5, 5.41) is 3.71. The zero-order valence-corrected chi connectivity index (χ0v) is 16.4. The third-order valence-electron chi connectivity index (χ3n) is 4.65. The number of nitrogens with zero attached hydrogens (tertiary/aromatic N) is 2. The number of halogens is 1. The number of piperazine rings is 1. The lowest BCUT2D eigenvalue weighted by atomic mass is 10.2. The van der Waals surface area contributed by atoms with Crippen molar-refractivity contribution in [3.05, 3.63) is 53.6 Å². The van der Waals surface area contributed by atoms with E-state index in [0.29, 0.717) is 13.0 Å². The highest BCUT2D eigenvalue weighted by Crippen LogP contribution is 2.21. The van der Waals surface area contributed by atoms with Gasteiger partial charge in [-0.15, -0.1) is 0 Å². The van der Waals surface area contributed by atoms with Crippen LogP contribution in [0.2, 0.25) is 5.02 Å². The molecule has 1 aliphatic rings. The Hall–Kier alpha value is -2.24. The van der Waals surface area contributed by atoms with Crippen molar-refractivity contribution in [1.82, 2.24) is 4.90 Å². The molecule has 27 heavy (non-hydrogen) atoms. The minimum Gasteiger partial charge on any atom is -0.494 e. The van der Waals surface area contributed by atoms with Crippen LogP contribution in [0.1, 0.15) is 13.3 Å². The van der Waals surface area contributed by atoms with Crippen LogP contribution in [0.3, 0.4) is 0 Å². The molecule has 2 aromatic rings. The Kier molecular flexibility index (Phi) is 6.96. The second-order valence-electron chi connectivity index (χ2n) is 6.56. The van der Waals surface area contributed by atoms with E-state index in [0.717, 1.165) is 54.9 Å². The van der Waals surface area contributed by atoms with Crippen molar-refractivity contribution in [3.63, 3.8) is 0 Å². The number of hydrogen-bond acceptors (Lipinski definition) is 4. The maximum absolute atomic E-state index is 12.2. The van der Waals surface area contributed by atoms with Gasteiger partial charge in [0.05, 0.1) is 6.61 Å². The van der Waals surface area contributed by atoms with E-state index in [1.807, 2.05) is 49.4 Å². The molecule has 1 saturated heterocycles. The summed E-state index contributed by atoms with van der Waals surface area (Å²) >= 11 is 6.08. The minimum atomic E-state index is 0.0384. The van der Waals surface area contributed by atoms with E-state index in [4.69, 9.17) is 16.3 Å². The molecule has 0 spiro atoms. The van der Waals surface area contributed by atoms with Crippen LogP contribution in [-0.4, -0.2) is 50.1 Å². The van der Waals surface area contributed by atoms with Gasteiger partial charge in [0.25, 0.3) is 0 Å². The minimum absolute atomic E-state index is 0.0384. The number of carbonyl (C=O) groups is 1. The van der Waals surface area contributed by atoms with E-state index in [2.05, 4.69) is 21.2 Å². The molecule has 3 rings (SSSR count). The van der Waals surface area contributed by atoms with Crippen LogP contribution in [0, 0.1) is 0 Å². The molecule has 1 fully saturated rings. The van der Waals surface area contributed by atoms with Gasteiger partial charge in [0.2, 0.25) is 5.91 Å². The Morgan fingerprint density at radius 3 is 2.52 bits per heavy atom. The van der Waals surface area contributed by atoms with E-state index < -0.39 is 0 Å². The fourth-order valence-electron chi connectivity index (χ4n) is 3.19. The molecular formula is C21H26ClN3O2. The van der Waals surface area contributed by atoms with Crippen molar-refractivity contribution in [2.45, 2.75) is 13.3 Å². The van der Waals surface area contributed by atoms with Gasteiger partial charge in [-0.05, 0) is 49.4 Å². The maximum atomic E-state index is 12.2. The quantitative estimate of drug-likeness (QED) is 0.782. The molecule has 0 aliphatic carbocycles. The summed E-state index contributed by atoms with van der Waals surface area (Å²) in [6.07, 6.45) is 0.490. The summed E-state index contributed by atoms with van der Waals surface area (Å²) in [5.74, 6) is 0.851. The molecular weight excluding hydrogens is 362 g/mol. The van der Waals surface area contributed by atoms with Gasteiger partial charge in [-0.1, -0.05) is 17.7 Å². The lowest BCUT2D eigenvalue weighted by molar-refractivity contribution is -0.116. The first-order valence-corrected chi connectivity index (χ1v) is 9.77. The van der Waals surface area contributed by atoms with Gasteiger partial charge in [-0.25, -0.2) is 0 Å². The molecule has 1 N–H and O–H groups in total. The summed E-state index contributed by atoms with van der Waals surface area (Å²) in [6.45, 7) is 7.14. The number of ether oxygens (including phenoxy) is 1. The second-order valence-corrected chi connectivity index (χ2v) is 7.00. The van der Waals surface area contributed by atoms with Gasteiger partial charge in [-0.3, -0.25) is 9.69 Å². The highest BCUT2D eigenvalue weighted by atomic mass is 35.5. The normalized spacial score (nSPS) is 14.8. The lowest BCUT2D eigenvalue weighted by Gasteiger charge is -2.36. The first kappa shape index (κ1) is 19.5. The lowest BCUT2D eigenvalue weighted by Crippen LogP contribution is -2.47. The van der Waals surface area contributed by atoms with Crippen molar-refractivity contribution in [2.24, 2.45) is 0 Å². The van der Waals surface area contributed by atoms with Gasteiger partial charge in [-0.2, -0.15) is 0 Å². The number of rotatable bonds is 7. The molecule has 0 atom stereocenters. The number of carbonyl (C=O) groups excluding carboxylic acids is 1. The molecule has 0 saturated carbocycles. The molecule has 144 valence electrons. The second kappa shape index (κ2) is 9.62. The monoisotopic (exact) mass is 387 g/mol. The van der Waals surface area contributed by atoms with Gasteiger partial charge in [0, 0.05) is 55.5 Å². The smallest absolute Gasteiger partial charge is 0.225 e. The van der Waals surface area contributed by atoms with Crippen LogP contribution in [0.15, 0.2) is 48.5 Å². The van der Waals surface area contributed by atoms with E-state index >= 15 is 0 Å². The van der Waals surface area contributed by atoms with E-state index in [-0.39, 0.29) is 5.91 Å². The molecule has 2 aromatic carbocycles. The summed E-state index contributed by atoms with van der Waals surface area (Å²) in [5.41, 5.74) is 1.96. The van der Waals surface area contributed by atoms with E-state index in [9.17, 15) is 4.79 Å². The Labute approximate surface area is 165 Å². The SMILES string of the molecule is CCOc1ccc(NC(=O)CCN2CCN(c3cccc(Cl)c3)CC2)cc1. The first-order chi connectivity index (χ1) is 13.1. The third kappa shape index (κ3) is 5.88. The van der Waals surface area contributed by atoms with Crippen LogP contribution >= 0.6 is 11.6 Å². The number of amides is 1. The van der Waals surface area contributed by atoms with Crippen molar-refractivity contribution < 1.29 is 9.53 Å². The van der Waals surface area contributed by atoms with Crippen LogP contribution in [-0.2, 0) is 4.79 Å². The highest BCUT2D eigenvalue weighted by Gasteiger charge is 2.18. The van der Waals surface area contributed by atoms with Crippen molar-refractivity contribution in [3.8, 4) is 5.75 Å².